The third-order valence-electron chi connectivity index (χ3n) is 4.13. The monoisotopic (exact) mass is 349 g/mol. The molecular formula is C17H23N3O3S. The quantitative estimate of drug-likeness (QED) is 0.486. The van der Waals surface area contributed by atoms with Crippen molar-refractivity contribution in [1.82, 2.24) is 9.78 Å². The van der Waals surface area contributed by atoms with Crippen LogP contribution in [0.2, 0.25) is 0 Å². The molecule has 7 heteroatoms. The van der Waals surface area contributed by atoms with Crippen LogP contribution in [0.5, 0.6) is 0 Å². The Morgan fingerprint density at radius 2 is 2.21 bits per heavy atom. The van der Waals surface area contributed by atoms with Gasteiger partial charge in [0, 0.05) is 17.3 Å². The number of aromatic nitrogens is 2. The summed E-state index contributed by atoms with van der Waals surface area (Å²) in [6, 6.07) is 0. The Balaban J connectivity index is 2.26. The molecule has 130 valence electrons. The molecule has 2 N–H and O–H groups in total. The van der Waals surface area contributed by atoms with E-state index in [0.29, 0.717) is 18.1 Å². The predicted octanol–water partition coefficient (Wildman–Crippen LogP) is 2.46. The Labute approximate surface area is 147 Å². The smallest absolute Gasteiger partial charge is 0.309 e. The van der Waals surface area contributed by atoms with Crippen molar-refractivity contribution in [2.45, 2.75) is 40.0 Å². The van der Waals surface area contributed by atoms with Gasteiger partial charge in [0.2, 0.25) is 5.91 Å². The van der Waals surface area contributed by atoms with E-state index in [2.05, 4.69) is 23.8 Å². The molecule has 1 amide bonds. The summed E-state index contributed by atoms with van der Waals surface area (Å²) in [5.74, 6) is -0.762. The van der Waals surface area contributed by atoms with Crippen molar-refractivity contribution >= 4 is 35.1 Å². The van der Waals surface area contributed by atoms with Gasteiger partial charge in [-0.2, -0.15) is 5.10 Å². The van der Waals surface area contributed by atoms with Gasteiger partial charge in [-0.1, -0.05) is 6.08 Å². The lowest BCUT2D eigenvalue weighted by molar-refractivity contribution is -0.148. The van der Waals surface area contributed by atoms with Crippen LogP contribution < -0.4 is 5.73 Å². The van der Waals surface area contributed by atoms with Crippen molar-refractivity contribution in [2.24, 2.45) is 11.7 Å². The van der Waals surface area contributed by atoms with Gasteiger partial charge in [0.25, 0.3) is 0 Å². The summed E-state index contributed by atoms with van der Waals surface area (Å²) in [7, 11) is 0. The highest BCUT2D eigenvalue weighted by Gasteiger charge is 2.25. The van der Waals surface area contributed by atoms with Crippen LogP contribution in [-0.2, 0) is 14.3 Å². The Morgan fingerprint density at radius 3 is 2.75 bits per heavy atom. The van der Waals surface area contributed by atoms with Gasteiger partial charge >= 0.3 is 5.97 Å². The Kier molecular flexibility index (Phi) is 5.88. The van der Waals surface area contributed by atoms with Gasteiger partial charge in [0.05, 0.1) is 18.2 Å². The third kappa shape index (κ3) is 3.90. The largest absolute Gasteiger partial charge is 0.466 e. The molecule has 0 bridgehead atoms. The number of carbonyl (C=O) groups is 2. The molecule has 0 aromatic carbocycles. The Hall–Kier alpha value is -2.02. The molecule has 24 heavy (non-hydrogen) atoms. The first-order valence-electron chi connectivity index (χ1n) is 7.97. The van der Waals surface area contributed by atoms with Crippen molar-refractivity contribution in [1.29, 1.82) is 0 Å². The second-order valence-electron chi connectivity index (χ2n) is 5.82. The zero-order valence-corrected chi connectivity index (χ0v) is 15.1. The molecule has 1 aromatic heterocycles. The number of rotatable bonds is 5. The van der Waals surface area contributed by atoms with E-state index in [1.807, 2.05) is 20.8 Å². The van der Waals surface area contributed by atoms with Crippen LogP contribution in [0.3, 0.4) is 0 Å². The summed E-state index contributed by atoms with van der Waals surface area (Å²) in [5, 5.41) is 4.84. The van der Waals surface area contributed by atoms with Gasteiger partial charge in [-0.05, 0) is 45.6 Å². The van der Waals surface area contributed by atoms with Crippen molar-refractivity contribution in [3.05, 3.63) is 29.1 Å². The Morgan fingerprint density at radius 1 is 1.50 bits per heavy atom. The van der Waals surface area contributed by atoms with E-state index in [9.17, 15) is 9.59 Å². The number of amides is 1. The summed E-state index contributed by atoms with van der Waals surface area (Å²) < 4.78 is 6.70. The maximum absolute atomic E-state index is 11.8. The molecule has 0 aliphatic heterocycles. The number of ether oxygens (including phenoxy) is 1. The van der Waals surface area contributed by atoms with E-state index in [1.54, 1.807) is 4.68 Å². The number of aryl methyl sites for hydroxylation is 1. The highest BCUT2D eigenvalue weighted by molar-refractivity contribution is 7.90. The molecule has 0 radical (unpaired) electrons. The third-order valence-corrected chi connectivity index (χ3v) is 4.45. The minimum atomic E-state index is -0.566. The van der Waals surface area contributed by atoms with Gasteiger partial charge in [0.1, 0.15) is 5.03 Å². The van der Waals surface area contributed by atoms with Crippen LogP contribution in [0.4, 0.5) is 0 Å². The number of hydrogen-bond donors (Lipinski definition) is 2. The first-order valence-corrected chi connectivity index (χ1v) is 8.42. The van der Waals surface area contributed by atoms with E-state index < -0.39 is 5.91 Å². The SMILES string of the molecule is CCOC(=O)C1CC=C(c2c(C)nn(/C(S)=C/C(N)=O)c2C)CC1. The molecule has 1 aliphatic rings. The zero-order valence-electron chi connectivity index (χ0n) is 14.2. The van der Waals surface area contributed by atoms with E-state index >= 15 is 0 Å². The summed E-state index contributed by atoms with van der Waals surface area (Å²) in [6.45, 7) is 6.08. The molecule has 6 nitrogen and oxygen atoms in total. The number of primary amides is 1. The molecule has 0 saturated heterocycles. The highest BCUT2D eigenvalue weighted by atomic mass is 32.1. The molecule has 0 spiro atoms. The average Bonchev–Trinajstić information content (AvgIpc) is 2.82. The van der Waals surface area contributed by atoms with E-state index in [1.165, 1.54) is 6.08 Å². The number of carbonyl (C=O) groups excluding carboxylic acids is 2. The van der Waals surface area contributed by atoms with Crippen molar-refractivity contribution in [3.63, 3.8) is 0 Å². The number of esters is 1. The first kappa shape index (κ1) is 18.3. The summed E-state index contributed by atoms with van der Waals surface area (Å²) in [6.07, 6.45) is 5.54. The lowest BCUT2D eigenvalue weighted by Gasteiger charge is -2.20. The molecule has 1 aromatic rings. The zero-order chi connectivity index (χ0) is 17.9. The normalized spacial score (nSPS) is 18.2. The molecular weight excluding hydrogens is 326 g/mol. The number of hydrogen-bond acceptors (Lipinski definition) is 5. The summed E-state index contributed by atoms with van der Waals surface area (Å²) in [4.78, 5) is 22.9. The minimum Gasteiger partial charge on any atom is -0.466 e. The van der Waals surface area contributed by atoms with Crippen LogP contribution >= 0.6 is 12.6 Å². The van der Waals surface area contributed by atoms with Crippen molar-refractivity contribution < 1.29 is 14.3 Å². The molecule has 2 rings (SSSR count). The maximum atomic E-state index is 11.8. The summed E-state index contributed by atoms with van der Waals surface area (Å²) in [5.41, 5.74) is 9.14. The average molecular weight is 349 g/mol. The van der Waals surface area contributed by atoms with Gasteiger partial charge in [-0.3, -0.25) is 9.59 Å². The molecule has 1 aliphatic carbocycles. The van der Waals surface area contributed by atoms with Crippen LogP contribution in [0.25, 0.3) is 10.6 Å². The molecule has 1 atom stereocenters. The topological polar surface area (TPSA) is 87.2 Å². The highest BCUT2D eigenvalue weighted by Crippen LogP contribution is 2.34. The van der Waals surface area contributed by atoms with Gasteiger partial charge in [-0.15, -0.1) is 12.6 Å². The summed E-state index contributed by atoms with van der Waals surface area (Å²) >= 11 is 4.30. The van der Waals surface area contributed by atoms with Crippen LogP contribution in [-0.4, -0.2) is 28.3 Å². The Bertz CT molecular complexity index is 719. The van der Waals surface area contributed by atoms with Gasteiger partial charge < -0.3 is 10.5 Å². The second-order valence-corrected chi connectivity index (χ2v) is 6.27. The fourth-order valence-corrected chi connectivity index (χ4v) is 3.38. The lowest BCUT2D eigenvalue weighted by atomic mass is 9.86. The van der Waals surface area contributed by atoms with Gasteiger partial charge in [0.15, 0.2) is 0 Å². The van der Waals surface area contributed by atoms with E-state index in [-0.39, 0.29) is 11.9 Å². The fraction of sp³-hybridized carbons (Fsp3) is 0.471. The van der Waals surface area contributed by atoms with Crippen molar-refractivity contribution in [3.8, 4) is 0 Å². The van der Waals surface area contributed by atoms with Gasteiger partial charge in [-0.25, -0.2) is 4.68 Å². The van der Waals surface area contributed by atoms with Crippen LogP contribution in [0.15, 0.2) is 12.2 Å². The molecule has 0 saturated carbocycles. The lowest BCUT2D eigenvalue weighted by Crippen LogP contribution is -2.19. The number of nitrogens with two attached hydrogens (primary N) is 1. The fourth-order valence-electron chi connectivity index (χ4n) is 3.05. The number of allylic oxidation sites excluding steroid dienone is 2. The minimum absolute atomic E-state index is 0.0699. The van der Waals surface area contributed by atoms with Crippen LogP contribution in [0, 0.1) is 19.8 Å². The second kappa shape index (κ2) is 7.70. The molecule has 1 unspecified atom stereocenters. The molecule has 0 fully saturated rings. The molecule has 1 heterocycles. The van der Waals surface area contributed by atoms with Crippen molar-refractivity contribution in [2.75, 3.05) is 6.61 Å². The van der Waals surface area contributed by atoms with E-state index in [4.69, 9.17) is 10.5 Å². The standard InChI is InChI=1S/C17H23N3O3S/c1-4-23-17(22)13-7-5-12(6-8-13)16-10(2)19-20(11(16)3)15(24)9-14(18)21/h5,9,13,24H,4,6-8H2,1-3H3,(H2,18,21)/b15-9-. The first-order chi connectivity index (χ1) is 11.3. The number of thiol groups is 1. The number of nitrogens with zero attached hydrogens (tertiary/aromatic N) is 2. The maximum Gasteiger partial charge on any atom is 0.309 e. The predicted molar refractivity (Wildman–Crippen MR) is 96.1 cm³/mol. The van der Waals surface area contributed by atoms with E-state index in [0.717, 1.165) is 35.4 Å². The van der Waals surface area contributed by atoms with Crippen LogP contribution in [0.1, 0.15) is 43.1 Å².